The molecule has 6 heteroatoms. The summed E-state index contributed by atoms with van der Waals surface area (Å²) in [6, 6.07) is 4.06. The van der Waals surface area contributed by atoms with Crippen LogP contribution in [0.4, 0.5) is 0 Å². The summed E-state index contributed by atoms with van der Waals surface area (Å²) in [5.41, 5.74) is 2.02. The number of nitrogens with zero attached hydrogens (tertiary/aromatic N) is 2. The maximum atomic E-state index is 6.05. The zero-order chi connectivity index (χ0) is 15.4. The topological polar surface area (TPSA) is 72.2 Å². The number of aryl methyl sites for hydroxylation is 1. The fourth-order valence-electron chi connectivity index (χ4n) is 2.53. The van der Waals surface area contributed by atoms with Crippen molar-refractivity contribution in [1.82, 2.24) is 20.8 Å². The lowest BCUT2D eigenvalue weighted by atomic mass is 10.2. The number of pyridine rings is 1. The van der Waals surface area contributed by atoms with Gasteiger partial charge < -0.3 is 19.9 Å². The van der Waals surface area contributed by atoms with Crippen LogP contribution in [0.3, 0.4) is 0 Å². The van der Waals surface area contributed by atoms with E-state index >= 15 is 0 Å². The maximum absolute atomic E-state index is 6.05. The van der Waals surface area contributed by atoms with Crippen molar-refractivity contribution in [3.8, 4) is 5.75 Å². The number of aromatic nitrogens is 2. The SMILES string of the molecule is Cc1cc(C(C)NCc2ccncc2O[C@H]2CCNC2)no1. The third-order valence-electron chi connectivity index (χ3n) is 3.87. The van der Waals surface area contributed by atoms with Gasteiger partial charge in [-0.05, 0) is 32.9 Å². The summed E-state index contributed by atoms with van der Waals surface area (Å²) in [6.07, 6.45) is 4.86. The van der Waals surface area contributed by atoms with Crippen molar-refractivity contribution >= 4 is 0 Å². The molecule has 0 bridgehead atoms. The van der Waals surface area contributed by atoms with Crippen LogP contribution in [-0.2, 0) is 6.54 Å². The minimum Gasteiger partial charge on any atom is -0.487 e. The summed E-state index contributed by atoms with van der Waals surface area (Å²) in [5.74, 6) is 1.68. The molecule has 0 aromatic carbocycles. The highest BCUT2D eigenvalue weighted by atomic mass is 16.5. The molecule has 0 spiro atoms. The summed E-state index contributed by atoms with van der Waals surface area (Å²) < 4.78 is 11.2. The smallest absolute Gasteiger partial charge is 0.142 e. The summed E-state index contributed by atoms with van der Waals surface area (Å²) in [5, 5.41) is 10.8. The van der Waals surface area contributed by atoms with E-state index in [-0.39, 0.29) is 12.1 Å². The van der Waals surface area contributed by atoms with Crippen molar-refractivity contribution in [2.45, 2.75) is 39.0 Å². The van der Waals surface area contributed by atoms with Gasteiger partial charge in [0.15, 0.2) is 0 Å². The van der Waals surface area contributed by atoms with Crippen LogP contribution < -0.4 is 15.4 Å². The Morgan fingerprint density at radius 3 is 3.18 bits per heavy atom. The van der Waals surface area contributed by atoms with Crippen LogP contribution >= 0.6 is 0 Å². The van der Waals surface area contributed by atoms with Crippen molar-refractivity contribution in [1.29, 1.82) is 0 Å². The molecule has 1 aliphatic heterocycles. The molecule has 1 aliphatic rings. The molecule has 1 saturated heterocycles. The minimum atomic E-state index is 0.117. The first-order chi connectivity index (χ1) is 10.7. The van der Waals surface area contributed by atoms with E-state index in [0.29, 0.717) is 6.54 Å². The van der Waals surface area contributed by atoms with Crippen LogP contribution in [-0.4, -0.2) is 29.3 Å². The molecule has 1 fully saturated rings. The highest BCUT2D eigenvalue weighted by Crippen LogP contribution is 2.21. The Morgan fingerprint density at radius 1 is 1.55 bits per heavy atom. The predicted molar refractivity (Wildman–Crippen MR) is 82.6 cm³/mol. The van der Waals surface area contributed by atoms with Crippen LogP contribution in [0.1, 0.15) is 36.4 Å². The predicted octanol–water partition coefficient (Wildman–Crippen LogP) is 1.97. The zero-order valence-corrected chi connectivity index (χ0v) is 13.0. The van der Waals surface area contributed by atoms with Crippen LogP contribution in [0.5, 0.6) is 5.75 Å². The monoisotopic (exact) mass is 302 g/mol. The van der Waals surface area contributed by atoms with E-state index in [1.54, 1.807) is 12.4 Å². The molecule has 0 aliphatic carbocycles. The Hall–Kier alpha value is -1.92. The van der Waals surface area contributed by atoms with Crippen molar-refractivity contribution in [2.24, 2.45) is 0 Å². The number of rotatable bonds is 6. The Bertz CT molecular complexity index is 608. The van der Waals surface area contributed by atoms with Gasteiger partial charge in [-0.15, -0.1) is 0 Å². The van der Waals surface area contributed by atoms with Gasteiger partial charge in [0.05, 0.1) is 12.2 Å². The molecular formula is C16H22N4O2. The van der Waals surface area contributed by atoms with Gasteiger partial charge in [0, 0.05) is 30.9 Å². The van der Waals surface area contributed by atoms with Crippen LogP contribution in [0.2, 0.25) is 0 Å². The van der Waals surface area contributed by atoms with Crippen molar-refractivity contribution in [3.63, 3.8) is 0 Å². The third kappa shape index (κ3) is 3.64. The fraction of sp³-hybridized carbons (Fsp3) is 0.500. The highest BCUT2D eigenvalue weighted by molar-refractivity contribution is 5.30. The summed E-state index contributed by atoms with van der Waals surface area (Å²) in [7, 11) is 0. The molecule has 3 rings (SSSR count). The first-order valence-corrected chi connectivity index (χ1v) is 7.69. The van der Waals surface area contributed by atoms with Gasteiger partial charge in [0.1, 0.15) is 23.3 Å². The van der Waals surface area contributed by atoms with E-state index in [4.69, 9.17) is 9.26 Å². The van der Waals surface area contributed by atoms with Crippen LogP contribution in [0.15, 0.2) is 29.0 Å². The van der Waals surface area contributed by atoms with E-state index in [1.165, 1.54) is 0 Å². The molecule has 3 heterocycles. The molecule has 1 unspecified atom stereocenters. The standard InChI is InChI=1S/C16H22N4O2/c1-11-7-15(20-22-11)12(2)19-8-13-3-5-18-10-16(13)21-14-4-6-17-9-14/h3,5,7,10,12,14,17,19H,4,6,8-9H2,1-2H3/t12?,14-/m0/s1. The average Bonchev–Trinajstić information content (AvgIpc) is 3.18. The average molecular weight is 302 g/mol. The second kappa shape index (κ2) is 6.89. The second-order valence-corrected chi connectivity index (χ2v) is 5.68. The summed E-state index contributed by atoms with van der Waals surface area (Å²) >= 11 is 0. The Morgan fingerprint density at radius 2 is 2.45 bits per heavy atom. The Kier molecular flexibility index (Phi) is 4.70. The second-order valence-electron chi connectivity index (χ2n) is 5.68. The Labute approximate surface area is 130 Å². The van der Waals surface area contributed by atoms with Crippen molar-refractivity contribution in [2.75, 3.05) is 13.1 Å². The molecule has 118 valence electrons. The third-order valence-corrected chi connectivity index (χ3v) is 3.87. The van der Waals surface area contributed by atoms with Crippen LogP contribution in [0, 0.1) is 6.92 Å². The Balaban J connectivity index is 1.62. The van der Waals surface area contributed by atoms with Gasteiger partial charge in [-0.1, -0.05) is 5.16 Å². The number of nitrogens with one attached hydrogen (secondary N) is 2. The molecule has 0 amide bonds. The van der Waals surface area contributed by atoms with E-state index in [1.807, 2.05) is 19.1 Å². The molecule has 0 radical (unpaired) electrons. The van der Waals surface area contributed by atoms with E-state index in [2.05, 4.69) is 27.7 Å². The van der Waals surface area contributed by atoms with Gasteiger partial charge in [-0.2, -0.15) is 0 Å². The quantitative estimate of drug-likeness (QED) is 0.850. The summed E-state index contributed by atoms with van der Waals surface area (Å²) in [4.78, 5) is 4.18. The first kappa shape index (κ1) is 15.0. The first-order valence-electron chi connectivity index (χ1n) is 7.69. The lowest BCUT2D eigenvalue weighted by molar-refractivity contribution is 0.219. The van der Waals surface area contributed by atoms with E-state index < -0.39 is 0 Å². The van der Waals surface area contributed by atoms with Gasteiger partial charge in [0.2, 0.25) is 0 Å². The van der Waals surface area contributed by atoms with Crippen molar-refractivity contribution in [3.05, 3.63) is 41.5 Å². The molecule has 6 nitrogen and oxygen atoms in total. The van der Waals surface area contributed by atoms with Gasteiger partial charge in [-0.3, -0.25) is 4.98 Å². The van der Waals surface area contributed by atoms with Crippen LogP contribution in [0.25, 0.3) is 0 Å². The normalized spacial score (nSPS) is 19.3. The maximum Gasteiger partial charge on any atom is 0.142 e. The molecule has 2 aromatic rings. The van der Waals surface area contributed by atoms with E-state index in [0.717, 1.165) is 42.3 Å². The number of hydrogen-bond acceptors (Lipinski definition) is 6. The minimum absolute atomic E-state index is 0.117. The molecule has 0 saturated carbocycles. The van der Waals surface area contributed by atoms with Gasteiger partial charge >= 0.3 is 0 Å². The van der Waals surface area contributed by atoms with Gasteiger partial charge in [-0.25, -0.2) is 0 Å². The summed E-state index contributed by atoms with van der Waals surface area (Å²) in [6.45, 7) is 6.58. The van der Waals surface area contributed by atoms with Crippen molar-refractivity contribution < 1.29 is 9.26 Å². The molecule has 2 N–H and O–H groups in total. The molecule has 2 atom stereocenters. The highest BCUT2D eigenvalue weighted by Gasteiger charge is 2.18. The fourth-order valence-corrected chi connectivity index (χ4v) is 2.53. The molecular weight excluding hydrogens is 280 g/mol. The zero-order valence-electron chi connectivity index (χ0n) is 13.0. The lowest BCUT2D eigenvalue weighted by Gasteiger charge is -2.17. The van der Waals surface area contributed by atoms with E-state index in [9.17, 15) is 0 Å². The molecule has 22 heavy (non-hydrogen) atoms. The number of ether oxygens (including phenoxy) is 1. The number of hydrogen-bond donors (Lipinski definition) is 2. The van der Waals surface area contributed by atoms with Gasteiger partial charge in [0.25, 0.3) is 0 Å². The molecule has 2 aromatic heterocycles. The largest absolute Gasteiger partial charge is 0.487 e. The lowest BCUT2D eigenvalue weighted by Crippen LogP contribution is -2.22.